The number of anilines is 1. The number of carbonyl (C=O) groups is 2. The second kappa shape index (κ2) is 4.68. The van der Waals surface area contributed by atoms with Crippen LogP contribution in [0.4, 0.5) is 5.82 Å². The molecule has 0 aliphatic carbocycles. The Bertz CT molecular complexity index is 776. The molecule has 10 nitrogen and oxygen atoms in total. The van der Waals surface area contributed by atoms with E-state index in [1.807, 2.05) is 4.98 Å². The third kappa shape index (κ3) is 2.18. The van der Waals surface area contributed by atoms with Gasteiger partial charge in [-0.05, 0) is 0 Å². The van der Waals surface area contributed by atoms with E-state index in [1.54, 1.807) is 0 Å². The van der Waals surface area contributed by atoms with E-state index < -0.39 is 17.2 Å². The van der Waals surface area contributed by atoms with Crippen molar-refractivity contribution in [3.8, 4) is 0 Å². The van der Waals surface area contributed by atoms with Crippen molar-refractivity contribution in [1.82, 2.24) is 25.3 Å². The number of H-pyrrole nitrogens is 2. The Morgan fingerprint density at radius 2 is 2.00 bits per heavy atom. The highest BCUT2D eigenvalue weighted by Crippen LogP contribution is 2.11. The van der Waals surface area contributed by atoms with Crippen molar-refractivity contribution in [3.63, 3.8) is 0 Å². The van der Waals surface area contributed by atoms with Gasteiger partial charge in [-0.25, -0.2) is 14.8 Å². The molecule has 10 heteroatoms. The van der Waals surface area contributed by atoms with E-state index in [0.29, 0.717) is 6.41 Å². The Kier molecular flexibility index (Phi) is 3.06. The maximum Gasteiger partial charge on any atom is 0.327 e. The summed E-state index contributed by atoms with van der Waals surface area (Å²) in [5.74, 6) is -0.806. The SMILES string of the molecule is CNC(=O)c1nc2[nH]c(=O)[nH]c(=O)c2nc1NC=O. The van der Waals surface area contributed by atoms with Crippen LogP contribution in [0.5, 0.6) is 0 Å². The summed E-state index contributed by atoms with van der Waals surface area (Å²) in [4.78, 5) is 56.5. The minimum absolute atomic E-state index is 0.149. The number of aromatic nitrogens is 4. The molecule has 0 aromatic carbocycles. The topological polar surface area (TPSA) is 150 Å². The highest BCUT2D eigenvalue weighted by atomic mass is 16.2. The summed E-state index contributed by atoms with van der Waals surface area (Å²) in [6.07, 6.45) is 0.294. The summed E-state index contributed by atoms with van der Waals surface area (Å²) in [7, 11) is 1.36. The lowest BCUT2D eigenvalue weighted by Crippen LogP contribution is -2.27. The van der Waals surface area contributed by atoms with Gasteiger partial charge in [0.05, 0.1) is 0 Å². The van der Waals surface area contributed by atoms with Gasteiger partial charge in [0.2, 0.25) is 6.41 Å². The third-order valence-corrected chi connectivity index (χ3v) is 2.21. The molecule has 0 fully saturated rings. The first-order chi connectivity index (χ1) is 9.06. The summed E-state index contributed by atoms with van der Waals surface area (Å²) in [5, 5.41) is 4.46. The van der Waals surface area contributed by atoms with Gasteiger partial charge in [-0.15, -0.1) is 0 Å². The molecule has 98 valence electrons. The first-order valence-corrected chi connectivity index (χ1v) is 5.03. The molecule has 2 aromatic rings. The predicted octanol–water partition coefficient (Wildman–Crippen LogP) is -2.07. The Labute approximate surface area is 104 Å². The Morgan fingerprint density at radius 3 is 2.63 bits per heavy atom. The van der Waals surface area contributed by atoms with Crippen molar-refractivity contribution in [1.29, 1.82) is 0 Å². The first kappa shape index (κ1) is 12.4. The summed E-state index contributed by atoms with van der Waals surface area (Å²) < 4.78 is 0. The second-order valence-electron chi connectivity index (χ2n) is 3.37. The Balaban J connectivity index is 2.83. The molecule has 2 amide bonds. The van der Waals surface area contributed by atoms with Crippen molar-refractivity contribution >= 4 is 29.3 Å². The summed E-state index contributed by atoms with van der Waals surface area (Å²) in [6.45, 7) is 0. The fraction of sp³-hybridized carbons (Fsp3) is 0.111. The smallest absolute Gasteiger partial charge is 0.327 e. The van der Waals surface area contributed by atoms with E-state index in [-0.39, 0.29) is 22.7 Å². The van der Waals surface area contributed by atoms with E-state index in [4.69, 9.17) is 0 Å². The van der Waals surface area contributed by atoms with Crippen LogP contribution in [0, 0.1) is 0 Å². The van der Waals surface area contributed by atoms with Gasteiger partial charge in [-0.2, -0.15) is 0 Å². The highest BCUT2D eigenvalue weighted by molar-refractivity contribution is 5.99. The van der Waals surface area contributed by atoms with Gasteiger partial charge in [0.1, 0.15) is 0 Å². The maximum absolute atomic E-state index is 11.6. The van der Waals surface area contributed by atoms with Crippen LogP contribution >= 0.6 is 0 Å². The van der Waals surface area contributed by atoms with Gasteiger partial charge in [0, 0.05) is 7.05 Å². The lowest BCUT2D eigenvalue weighted by Gasteiger charge is -2.06. The van der Waals surface area contributed by atoms with Crippen molar-refractivity contribution in [3.05, 3.63) is 26.5 Å². The van der Waals surface area contributed by atoms with Crippen molar-refractivity contribution < 1.29 is 9.59 Å². The summed E-state index contributed by atoms with van der Waals surface area (Å²) >= 11 is 0. The number of hydrogen-bond acceptors (Lipinski definition) is 6. The van der Waals surface area contributed by atoms with Crippen LogP contribution in [-0.2, 0) is 4.79 Å². The van der Waals surface area contributed by atoms with Crippen molar-refractivity contribution in [2.45, 2.75) is 0 Å². The zero-order valence-electron chi connectivity index (χ0n) is 9.60. The number of fused-ring (bicyclic) bond motifs is 1. The fourth-order valence-electron chi connectivity index (χ4n) is 1.42. The highest BCUT2D eigenvalue weighted by Gasteiger charge is 2.17. The monoisotopic (exact) mass is 264 g/mol. The lowest BCUT2D eigenvalue weighted by atomic mass is 10.3. The van der Waals surface area contributed by atoms with Crippen molar-refractivity contribution in [2.75, 3.05) is 12.4 Å². The minimum Gasteiger partial charge on any atom is -0.354 e. The lowest BCUT2D eigenvalue weighted by molar-refractivity contribution is -0.105. The van der Waals surface area contributed by atoms with Crippen LogP contribution < -0.4 is 21.9 Å². The van der Waals surface area contributed by atoms with Gasteiger partial charge in [0.25, 0.3) is 11.5 Å². The van der Waals surface area contributed by atoms with Crippen molar-refractivity contribution in [2.24, 2.45) is 0 Å². The van der Waals surface area contributed by atoms with Crippen LogP contribution in [0.1, 0.15) is 10.5 Å². The average Bonchev–Trinajstić information content (AvgIpc) is 2.38. The molecule has 19 heavy (non-hydrogen) atoms. The molecule has 4 N–H and O–H groups in total. The molecule has 2 rings (SSSR count). The van der Waals surface area contributed by atoms with E-state index in [0.717, 1.165) is 0 Å². The molecule has 0 atom stereocenters. The van der Waals surface area contributed by atoms with Crippen LogP contribution in [-0.4, -0.2) is 39.3 Å². The molecule has 0 bridgehead atoms. The fourth-order valence-corrected chi connectivity index (χ4v) is 1.42. The van der Waals surface area contributed by atoms with Gasteiger partial charge >= 0.3 is 5.69 Å². The van der Waals surface area contributed by atoms with E-state index in [2.05, 4.69) is 25.6 Å². The zero-order chi connectivity index (χ0) is 14.0. The Hall–Kier alpha value is -3.04. The number of carbonyl (C=O) groups excluding carboxylic acids is 2. The number of nitrogens with zero attached hydrogens (tertiary/aromatic N) is 2. The second-order valence-corrected chi connectivity index (χ2v) is 3.37. The van der Waals surface area contributed by atoms with Crippen LogP contribution in [0.3, 0.4) is 0 Å². The number of aromatic amines is 2. The zero-order valence-corrected chi connectivity index (χ0v) is 9.60. The van der Waals surface area contributed by atoms with Gasteiger partial charge < -0.3 is 10.6 Å². The summed E-state index contributed by atoms with van der Waals surface area (Å²) in [6, 6.07) is 0. The van der Waals surface area contributed by atoms with E-state index >= 15 is 0 Å². The molecular weight excluding hydrogens is 256 g/mol. The largest absolute Gasteiger partial charge is 0.354 e. The molecule has 0 saturated carbocycles. The molecule has 0 aliphatic rings. The number of amides is 2. The Morgan fingerprint density at radius 1 is 1.26 bits per heavy atom. The number of nitrogens with one attached hydrogen (secondary N) is 4. The predicted molar refractivity (Wildman–Crippen MR) is 63.9 cm³/mol. The number of hydrogen-bond donors (Lipinski definition) is 4. The maximum atomic E-state index is 11.6. The molecule has 0 aliphatic heterocycles. The molecule has 2 aromatic heterocycles. The molecule has 0 saturated heterocycles. The van der Waals surface area contributed by atoms with Crippen LogP contribution in [0.2, 0.25) is 0 Å². The van der Waals surface area contributed by atoms with Crippen LogP contribution in [0.25, 0.3) is 11.2 Å². The third-order valence-electron chi connectivity index (χ3n) is 2.21. The summed E-state index contributed by atoms with van der Waals surface area (Å²) in [5.41, 5.74) is -2.11. The first-order valence-electron chi connectivity index (χ1n) is 5.03. The van der Waals surface area contributed by atoms with Gasteiger partial charge in [-0.1, -0.05) is 0 Å². The minimum atomic E-state index is -0.774. The van der Waals surface area contributed by atoms with Crippen LogP contribution in [0.15, 0.2) is 9.59 Å². The molecule has 0 unspecified atom stereocenters. The molecule has 2 heterocycles. The van der Waals surface area contributed by atoms with Gasteiger partial charge in [-0.3, -0.25) is 24.4 Å². The quantitative estimate of drug-likeness (QED) is 0.468. The molecule has 0 spiro atoms. The van der Waals surface area contributed by atoms with E-state index in [1.165, 1.54) is 7.05 Å². The van der Waals surface area contributed by atoms with Gasteiger partial charge in [0.15, 0.2) is 22.7 Å². The average molecular weight is 264 g/mol. The number of rotatable bonds is 3. The standard InChI is InChI=1S/C9H8N6O4/c1-10-7(17)3-5(11-2-16)12-4-6(13-3)14-9(19)15-8(4)18/h2H,1H3,(H,10,17)(H,11,12,16)(H2,13,14,15,18,19). The molecule has 0 radical (unpaired) electrons. The molecular formula is C9H8N6O4. The normalized spacial score (nSPS) is 10.2. The van der Waals surface area contributed by atoms with E-state index in [9.17, 15) is 19.2 Å².